The van der Waals surface area contributed by atoms with Crippen molar-refractivity contribution in [2.75, 3.05) is 37.7 Å². The number of halogens is 2. The maximum Gasteiger partial charge on any atom is 0.260 e. The molecule has 1 fully saturated rings. The Morgan fingerprint density at radius 2 is 1.64 bits per heavy atom. The third-order valence-corrected chi connectivity index (χ3v) is 6.50. The maximum absolute atomic E-state index is 12.6. The normalized spacial score (nSPS) is 13.8. The number of aryl methyl sites for hydroxylation is 3. The van der Waals surface area contributed by atoms with Gasteiger partial charge in [0.2, 0.25) is 0 Å². The smallest absolute Gasteiger partial charge is 0.260 e. The van der Waals surface area contributed by atoms with Crippen molar-refractivity contribution in [2.24, 2.45) is 0 Å². The molecule has 33 heavy (non-hydrogen) atoms. The molecule has 0 unspecified atom stereocenters. The van der Waals surface area contributed by atoms with Crippen molar-refractivity contribution in [1.29, 1.82) is 0 Å². The highest BCUT2D eigenvalue weighted by atomic mass is 35.5. The lowest BCUT2D eigenvalue weighted by Crippen LogP contribution is -2.50. The van der Waals surface area contributed by atoms with Crippen molar-refractivity contribution in [2.45, 2.75) is 20.8 Å². The first-order chi connectivity index (χ1) is 15.8. The van der Waals surface area contributed by atoms with Crippen LogP contribution in [0.5, 0.6) is 5.75 Å². The number of hydrogen-bond acceptors (Lipinski definition) is 5. The van der Waals surface area contributed by atoms with E-state index in [9.17, 15) is 4.79 Å². The first kappa shape index (κ1) is 23.3. The number of hydrogen-bond donors (Lipinski definition) is 0. The Balaban J connectivity index is 1.33. The number of amides is 1. The lowest BCUT2D eigenvalue weighted by Gasteiger charge is -2.35. The molecule has 1 aliphatic rings. The zero-order valence-corrected chi connectivity index (χ0v) is 20.5. The molecule has 6 nitrogen and oxygen atoms in total. The van der Waals surface area contributed by atoms with Crippen LogP contribution < -0.4 is 9.64 Å². The Morgan fingerprint density at radius 1 is 0.909 bits per heavy atom. The minimum Gasteiger partial charge on any atom is -0.482 e. The van der Waals surface area contributed by atoms with E-state index in [4.69, 9.17) is 27.9 Å². The van der Waals surface area contributed by atoms with E-state index in [0.29, 0.717) is 42.0 Å². The molecule has 0 saturated carbocycles. The number of carbonyl (C=O) groups is 1. The van der Waals surface area contributed by atoms with Gasteiger partial charge in [-0.25, -0.2) is 0 Å². The summed E-state index contributed by atoms with van der Waals surface area (Å²) in [5, 5.41) is 9.84. The van der Waals surface area contributed by atoms with Crippen molar-refractivity contribution in [1.82, 2.24) is 15.1 Å². The lowest BCUT2D eigenvalue weighted by molar-refractivity contribution is -0.133. The summed E-state index contributed by atoms with van der Waals surface area (Å²) >= 11 is 12.0. The Morgan fingerprint density at radius 3 is 2.30 bits per heavy atom. The van der Waals surface area contributed by atoms with Gasteiger partial charge in [-0.2, -0.15) is 0 Å². The Kier molecular flexibility index (Phi) is 7.05. The van der Waals surface area contributed by atoms with Crippen LogP contribution >= 0.6 is 23.2 Å². The molecule has 0 radical (unpaired) electrons. The molecule has 1 aliphatic heterocycles. The van der Waals surface area contributed by atoms with Gasteiger partial charge < -0.3 is 14.5 Å². The SMILES string of the molecule is Cc1cc(C)c(-c2ccc(N3CCN(C(=O)COc4ccc(Cl)cc4Cl)CC3)nn2)cc1C. The zero-order valence-electron chi connectivity index (χ0n) is 18.9. The third kappa shape index (κ3) is 5.40. The number of nitrogens with zero attached hydrogens (tertiary/aromatic N) is 4. The number of piperazine rings is 1. The fraction of sp³-hybridized carbons (Fsp3) is 0.320. The van der Waals surface area contributed by atoms with Crippen molar-refractivity contribution in [3.8, 4) is 17.0 Å². The van der Waals surface area contributed by atoms with Gasteiger partial charge in [-0.05, 0) is 73.9 Å². The average Bonchev–Trinajstić information content (AvgIpc) is 2.81. The molecule has 0 N–H and O–H groups in total. The largest absolute Gasteiger partial charge is 0.482 e. The van der Waals surface area contributed by atoms with Crippen LogP contribution in [0.25, 0.3) is 11.3 Å². The average molecular weight is 485 g/mol. The van der Waals surface area contributed by atoms with Crippen molar-refractivity contribution in [3.05, 3.63) is 69.2 Å². The van der Waals surface area contributed by atoms with Gasteiger partial charge in [-0.1, -0.05) is 29.3 Å². The number of anilines is 1. The van der Waals surface area contributed by atoms with Gasteiger partial charge in [0.25, 0.3) is 5.91 Å². The third-order valence-electron chi connectivity index (χ3n) is 5.97. The molecular weight excluding hydrogens is 459 g/mol. The van der Waals surface area contributed by atoms with Crippen LogP contribution in [0.2, 0.25) is 10.0 Å². The Hall–Kier alpha value is -2.83. The minimum atomic E-state index is -0.0766. The molecule has 172 valence electrons. The van der Waals surface area contributed by atoms with E-state index >= 15 is 0 Å². The number of carbonyl (C=O) groups excluding carboxylic acids is 1. The summed E-state index contributed by atoms with van der Waals surface area (Å²) in [4.78, 5) is 16.5. The van der Waals surface area contributed by atoms with Crippen LogP contribution in [0.15, 0.2) is 42.5 Å². The van der Waals surface area contributed by atoms with Crippen LogP contribution in [-0.4, -0.2) is 53.8 Å². The predicted octanol–water partition coefficient (Wildman–Crippen LogP) is 5.10. The second-order valence-electron chi connectivity index (χ2n) is 8.26. The monoisotopic (exact) mass is 484 g/mol. The van der Waals surface area contributed by atoms with E-state index in [-0.39, 0.29) is 12.5 Å². The minimum absolute atomic E-state index is 0.0643. The summed E-state index contributed by atoms with van der Waals surface area (Å²) in [6.07, 6.45) is 0. The van der Waals surface area contributed by atoms with Gasteiger partial charge in [0.15, 0.2) is 12.4 Å². The first-order valence-corrected chi connectivity index (χ1v) is 11.6. The van der Waals surface area contributed by atoms with E-state index in [1.54, 1.807) is 23.1 Å². The summed E-state index contributed by atoms with van der Waals surface area (Å²) in [5.74, 6) is 1.19. The molecule has 0 atom stereocenters. The van der Waals surface area contributed by atoms with Gasteiger partial charge in [-0.3, -0.25) is 4.79 Å². The van der Waals surface area contributed by atoms with Crippen LogP contribution in [0.3, 0.4) is 0 Å². The van der Waals surface area contributed by atoms with E-state index in [1.165, 1.54) is 16.7 Å². The van der Waals surface area contributed by atoms with Crippen LogP contribution in [0.4, 0.5) is 5.82 Å². The molecule has 0 aliphatic carbocycles. The standard InChI is InChI=1S/C25H26Cl2N4O2/c1-16-12-18(3)20(13-17(16)2)22-5-7-24(29-28-22)30-8-10-31(11-9-30)25(32)15-33-23-6-4-19(26)14-21(23)27/h4-7,12-14H,8-11,15H2,1-3H3. The molecular formula is C25H26Cl2N4O2. The number of aromatic nitrogens is 2. The van der Waals surface area contributed by atoms with Crippen LogP contribution in [0.1, 0.15) is 16.7 Å². The topological polar surface area (TPSA) is 58.6 Å². The van der Waals surface area contributed by atoms with Gasteiger partial charge in [0, 0.05) is 36.8 Å². The second kappa shape index (κ2) is 9.98. The van der Waals surface area contributed by atoms with E-state index in [2.05, 4.69) is 48.0 Å². The molecule has 0 spiro atoms. The number of rotatable bonds is 5. The number of ether oxygens (including phenoxy) is 1. The quantitative estimate of drug-likeness (QED) is 0.503. The summed E-state index contributed by atoms with van der Waals surface area (Å²) in [6.45, 7) is 8.81. The highest BCUT2D eigenvalue weighted by Gasteiger charge is 2.23. The van der Waals surface area contributed by atoms with Crippen LogP contribution in [0, 0.1) is 20.8 Å². The fourth-order valence-electron chi connectivity index (χ4n) is 3.88. The molecule has 1 amide bonds. The predicted molar refractivity (Wildman–Crippen MR) is 132 cm³/mol. The molecule has 4 rings (SSSR count). The second-order valence-corrected chi connectivity index (χ2v) is 9.10. The summed E-state index contributed by atoms with van der Waals surface area (Å²) < 4.78 is 5.58. The fourth-order valence-corrected chi connectivity index (χ4v) is 4.35. The molecule has 2 heterocycles. The van der Waals surface area contributed by atoms with Crippen molar-refractivity contribution in [3.63, 3.8) is 0 Å². The summed E-state index contributed by atoms with van der Waals surface area (Å²) in [6, 6.07) is 13.3. The molecule has 3 aromatic rings. The van der Waals surface area contributed by atoms with Gasteiger partial charge in [0.05, 0.1) is 10.7 Å². The molecule has 1 saturated heterocycles. The molecule has 1 aromatic heterocycles. The van der Waals surface area contributed by atoms with E-state index in [1.807, 2.05) is 12.1 Å². The molecule has 8 heteroatoms. The van der Waals surface area contributed by atoms with Crippen molar-refractivity contribution >= 4 is 34.9 Å². The zero-order chi connectivity index (χ0) is 23.5. The maximum atomic E-state index is 12.6. The molecule has 0 bridgehead atoms. The van der Waals surface area contributed by atoms with Crippen LogP contribution in [-0.2, 0) is 4.79 Å². The van der Waals surface area contributed by atoms with Crippen molar-refractivity contribution < 1.29 is 9.53 Å². The van der Waals surface area contributed by atoms with Gasteiger partial charge in [0.1, 0.15) is 5.75 Å². The highest BCUT2D eigenvalue weighted by molar-refractivity contribution is 6.35. The summed E-state index contributed by atoms with van der Waals surface area (Å²) in [5.41, 5.74) is 5.67. The lowest BCUT2D eigenvalue weighted by atomic mass is 9.99. The Bertz CT molecular complexity index is 1160. The highest BCUT2D eigenvalue weighted by Crippen LogP contribution is 2.28. The first-order valence-electron chi connectivity index (χ1n) is 10.8. The van der Waals surface area contributed by atoms with E-state index in [0.717, 1.165) is 17.1 Å². The Labute approximate surface area is 204 Å². The number of benzene rings is 2. The van der Waals surface area contributed by atoms with Gasteiger partial charge >= 0.3 is 0 Å². The van der Waals surface area contributed by atoms with E-state index < -0.39 is 0 Å². The summed E-state index contributed by atoms with van der Waals surface area (Å²) in [7, 11) is 0. The molecule has 2 aromatic carbocycles. The van der Waals surface area contributed by atoms with Gasteiger partial charge in [-0.15, -0.1) is 10.2 Å².